The molecule has 0 fully saturated rings. The van der Waals surface area contributed by atoms with Gasteiger partial charge in [0.05, 0.1) is 6.26 Å². The molecular weight excluding hydrogens is 301 g/mol. The minimum absolute atomic E-state index is 0. The summed E-state index contributed by atoms with van der Waals surface area (Å²) in [6, 6.07) is 3.92. The Morgan fingerprint density at radius 2 is 1.78 bits per heavy atom. The molecule has 0 N–H and O–H groups in total. The molecule has 0 aliphatic heterocycles. The molecule has 0 bridgehead atoms. The van der Waals surface area contributed by atoms with Crippen molar-refractivity contribution in [2.24, 2.45) is 5.41 Å². The summed E-state index contributed by atoms with van der Waals surface area (Å²) < 4.78 is 10.2. The molecular formula is C15H26O2Y-2. The fourth-order valence-corrected chi connectivity index (χ4v) is 1.01. The predicted octanol–water partition coefficient (Wildman–Crippen LogP) is 4.62. The standard InChI is InChI=1S/C8H12O.C7H14O.Y/c1-8(2,3)7-5-4-6-9-7;1-5-8-6-7(2,3)4;/h4-6H,1-3H3;6H,1,5H2,2-4H3;/q;-2;. The average Bonchev–Trinajstić information content (AvgIpc) is 2.66. The molecule has 1 heterocycles. The Labute approximate surface area is 138 Å². The van der Waals surface area contributed by atoms with Crippen LogP contribution in [-0.4, -0.2) is 6.61 Å². The van der Waals surface area contributed by atoms with Crippen molar-refractivity contribution >= 4 is 0 Å². The molecule has 3 heteroatoms. The van der Waals surface area contributed by atoms with Crippen molar-refractivity contribution in [1.82, 2.24) is 0 Å². The molecule has 103 valence electrons. The first kappa shape index (κ1) is 20.7. The molecule has 1 aromatic heterocycles. The maximum Gasteiger partial charge on any atom is 0.109 e. The monoisotopic (exact) mass is 327 g/mol. The van der Waals surface area contributed by atoms with Crippen LogP contribution in [0.3, 0.4) is 0 Å². The molecule has 1 rings (SSSR count). The van der Waals surface area contributed by atoms with E-state index < -0.39 is 0 Å². The van der Waals surface area contributed by atoms with E-state index in [0.29, 0.717) is 6.61 Å². The van der Waals surface area contributed by atoms with E-state index >= 15 is 0 Å². The van der Waals surface area contributed by atoms with Gasteiger partial charge in [0, 0.05) is 38.1 Å². The van der Waals surface area contributed by atoms with Crippen molar-refractivity contribution in [2.75, 3.05) is 6.61 Å². The van der Waals surface area contributed by atoms with Gasteiger partial charge in [-0.25, -0.2) is 6.61 Å². The van der Waals surface area contributed by atoms with E-state index in [9.17, 15) is 0 Å². The molecule has 0 aliphatic rings. The minimum Gasteiger partial charge on any atom is -0.577 e. The van der Waals surface area contributed by atoms with Gasteiger partial charge in [-0.15, -0.1) is 12.0 Å². The zero-order valence-corrected chi connectivity index (χ0v) is 15.5. The molecule has 0 aliphatic carbocycles. The van der Waals surface area contributed by atoms with E-state index in [1.807, 2.05) is 12.1 Å². The van der Waals surface area contributed by atoms with Gasteiger partial charge < -0.3 is 16.1 Å². The number of hydrogen-bond acceptors (Lipinski definition) is 2. The summed E-state index contributed by atoms with van der Waals surface area (Å²) in [5.74, 6) is 1.04. The van der Waals surface area contributed by atoms with Gasteiger partial charge in [0.1, 0.15) is 5.76 Å². The van der Waals surface area contributed by atoms with Gasteiger partial charge in [0.2, 0.25) is 0 Å². The van der Waals surface area contributed by atoms with Crippen LogP contribution in [0.15, 0.2) is 22.8 Å². The van der Waals surface area contributed by atoms with Gasteiger partial charge in [-0.2, -0.15) is 0 Å². The van der Waals surface area contributed by atoms with Crippen LogP contribution in [0.25, 0.3) is 0 Å². The van der Waals surface area contributed by atoms with Crippen LogP contribution < -0.4 is 0 Å². The third kappa shape index (κ3) is 11.4. The van der Waals surface area contributed by atoms with Gasteiger partial charge in [0.25, 0.3) is 0 Å². The summed E-state index contributed by atoms with van der Waals surface area (Å²) in [4.78, 5) is 0. The summed E-state index contributed by atoms with van der Waals surface area (Å²) in [6.07, 6.45) is 1.71. The maximum absolute atomic E-state index is 5.20. The summed E-state index contributed by atoms with van der Waals surface area (Å²) in [5, 5.41) is 0. The molecule has 0 spiro atoms. The molecule has 0 aromatic carbocycles. The van der Waals surface area contributed by atoms with E-state index in [-0.39, 0.29) is 43.5 Å². The second kappa shape index (κ2) is 9.28. The van der Waals surface area contributed by atoms with Crippen LogP contribution in [0.2, 0.25) is 0 Å². The Bertz CT molecular complexity index is 278. The third-order valence-electron chi connectivity index (χ3n) is 1.82. The molecule has 1 radical (unpaired) electrons. The Morgan fingerprint density at radius 3 is 1.94 bits per heavy atom. The first-order chi connectivity index (χ1) is 7.67. The van der Waals surface area contributed by atoms with Gasteiger partial charge in [-0.1, -0.05) is 41.5 Å². The normalized spacial score (nSPS) is 11.3. The van der Waals surface area contributed by atoms with Gasteiger partial charge >= 0.3 is 0 Å². The number of furan rings is 1. The fourth-order valence-electron chi connectivity index (χ4n) is 1.01. The zero-order chi connectivity index (χ0) is 13.5. The van der Waals surface area contributed by atoms with Crippen molar-refractivity contribution in [3.05, 3.63) is 37.7 Å². The van der Waals surface area contributed by atoms with E-state index in [1.165, 1.54) is 0 Å². The largest absolute Gasteiger partial charge is 0.577 e. The van der Waals surface area contributed by atoms with Crippen LogP contribution >= 0.6 is 0 Å². The van der Waals surface area contributed by atoms with Crippen LogP contribution in [0.5, 0.6) is 0 Å². The van der Waals surface area contributed by atoms with Crippen molar-refractivity contribution in [3.63, 3.8) is 0 Å². The number of hydrogen-bond donors (Lipinski definition) is 0. The summed E-state index contributed by atoms with van der Waals surface area (Å²) in [5.41, 5.74) is 0.321. The van der Waals surface area contributed by atoms with Crippen molar-refractivity contribution in [3.8, 4) is 0 Å². The Balaban J connectivity index is 0. The molecule has 0 unspecified atom stereocenters. The maximum atomic E-state index is 5.20. The first-order valence-electron chi connectivity index (χ1n) is 5.96. The van der Waals surface area contributed by atoms with E-state index in [2.05, 4.69) is 48.5 Å². The Hall–Kier alpha value is 0.344. The molecule has 0 amide bonds. The first-order valence-corrected chi connectivity index (χ1v) is 5.96. The van der Waals surface area contributed by atoms with Crippen molar-refractivity contribution < 1.29 is 41.9 Å². The SMILES string of the molecule is CC(C)(C)c1ccco1.[CH2-]CO[CH-]C(C)(C)C.[Y]. The summed E-state index contributed by atoms with van der Waals surface area (Å²) in [7, 11) is 0. The quantitative estimate of drug-likeness (QED) is 0.740. The number of rotatable bonds is 2. The molecule has 1 aromatic rings. The van der Waals surface area contributed by atoms with Gasteiger partial charge in [-0.05, 0) is 12.1 Å². The van der Waals surface area contributed by atoms with Crippen LogP contribution in [-0.2, 0) is 42.9 Å². The second-order valence-corrected chi connectivity index (χ2v) is 6.08. The van der Waals surface area contributed by atoms with Gasteiger partial charge in [-0.3, -0.25) is 0 Å². The van der Waals surface area contributed by atoms with E-state index in [1.54, 1.807) is 12.9 Å². The topological polar surface area (TPSA) is 22.4 Å². The number of ether oxygens (including phenoxy) is 1. The van der Waals surface area contributed by atoms with Gasteiger partial charge in [0.15, 0.2) is 0 Å². The molecule has 0 saturated heterocycles. The Morgan fingerprint density at radius 1 is 1.22 bits per heavy atom. The fraction of sp³-hybridized carbons (Fsp3) is 0.600. The van der Waals surface area contributed by atoms with Crippen LogP contribution in [0.1, 0.15) is 47.3 Å². The molecule has 0 saturated carbocycles. The van der Waals surface area contributed by atoms with Crippen molar-refractivity contribution in [2.45, 2.75) is 47.0 Å². The molecule has 0 atom stereocenters. The predicted molar refractivity (Wildman–Crippen MR) is 72.5 cm³/mol. The zero-order valence-electron chi connectivity index (χ0n) is 12.6. The summed E-state index contributed by atoms with van der Waals surface area (Å²) in [6.45, 7) is 18.5. The molecule has 2 nitrogen and oxygen atoms in total. The third-order valence-corrected chi connectivity index (χ3v) is 1.82. The van der Waals surface area contributed by atoms with E-state index in [0.717, 1.165) is 5.76 Å². The smallest absolute Gasteiger partial charge is 0.109 e. The van der Waals surface area contributed by atoms with E-state index in [4.69, 9.17) is 9.15 Å². The Kier molecular flexibility index (Phi) is 10.6. The van der Waals surface area contributed by atoms with Crippen molar-refractivity contribution in [1.29, 1.82) is 0 Å². The minimum atomic E-state index is 0. The molecule has 18 heavy (non-hydrogen) atoms. The second-order valence-electron chi connectivity index (χ2n) is 6.08. The van der Waals surface area contributed by atoms with Crippen LogP contribution in [0, 0.1) is 18.9 Å². The average molecular weight is 327 g/mol. The van der Waals surface area contributed by atoms with Crippen LogP contribution in [0.4, 0.5) is 0 Å². The summed E-state index contributed by atoms with van der Waals surface area (Å²) >= 11 is 0.